The maximum atomic E-state index is 12.4. The van der Waals surface area contributed by atoms with Crippen LogP contribution in [-0.2, 0) is 11.2 Å². The molecule has 0 aliphatic heterocycles. The molecule has 1 heterocycles. The van der Waals surface area contributed by atoms with Crippen molar-refractivity contribution in [3.63, 3.8) is 0 Å². The van der Waals surface area contributed by atoms with Gasteiger partial charge in [-0.2, -0.15) is 4.98 Å². The normalized spacial score (nSPS) is 11.7. The molecule has 0 bridgehead atoms. The van der Waals surface area contributed by atoms with E-state index in [2.05, 4.69) is 15.5 Å². The van der Waals surface area contributed by atoms with Crippen molar-refractivity contribution in [2.24, 2.45) is 0 Å². The van der Waals surface area contributed by atoms with Crippen LogP contribution in [0.1, 0.15) is 44.7 Å². The molecule has 158 valence electrons. The highest BCUT2D eigenvalue weighted by Crippen LogP contribution is 2.30. The first-order chi connectivity index (χ1) is 14.6. The smallest absolute Gasteiger partial charge is 0.227 e. The average molecular weight is 409 g/mol. The van der Waals surface area contributed by atoms with Crippen molar-refractivity contribution >= 4 is 5.91 Å². The summed E-state index contributed by atoms with van der Waals surface area (Å²) in [5.74, 6) is 2.26. The van der Waals surface area contributed by atoms with Crippen molar-refractivity contribution in [3.8, 4) is 22.9 Å². The van der Waals surface area contributed by atoms with Crippen LogP contribution in [0.4, 0.5) is 0 Å². The third-order valence-electron chi connectivity index (χ3n) is 4.51. The number of ether oxygens (including phenoxy) is 2. The molecule has 7 heteroatoms. The van der Waals surface area contributed by atoms with E-state index >= 15 is 0 Å². The van der Waals surface area contributed by atoms with E-state index < -0.39 is 0 Å². The minimum absolute atomic E-state index is 0.0891. The van der Waals surface area contributed by atoms with Crippen LogP contribution in [0.5, 0.6) is 11.5 Å². The number of rotatable bonds is 10. The Kier molecular flexibility index (Phi) is 7.43. The van der Waals surface area contributed by atoms with E-state index in [0.717, 1.165) is 11.1 Å². The molecule has 3 rings (SSSR count). The summed E-state index contributed by atoms with van der Waals surface area (Å²) in [4.78, 5) is 16.8. The van der Waals surface area contributed by atoms with Gasteiger partial charge >= 0.3 is 0 Å². The van der Waals surface area contributed by atoms with Crippen LogP contribution in [0.3, 0.4) is 0 Å². The summed E-state index contributed by atoms with van der Waals surface area (Å²) in [5, 5.41) is 6.98. The molecule has 3 aromatic rings. The van der Waals surface area contributed by atoms with Gasteiger partial charge in [0.15, 0.2) is 11.5 Å². The molecular formula is C23H27N3O4. The van der Waals surface area contributed by atoms with Crippen LogP contribution < -0.4 is 14.8 Å². The van der Waals surface area contributed by atoms with Crippen LogP contribution in [0.2, 0.25) is 0 Å². The van der Waals surface area contributed by atoms with E-state index in [1.807, 2.05) is 69.3 Å². The van der Waals surface area contributed by atoms with E-state index in [9.17, 15) is 4.79 Å². The maximum absolute atomic E-state index is 12.4. The Balaban J connectivity index is 1.56. The molecule has 1 N–H and O–H groups in total. The van der Waals surface area contributed by atoms with Gasteiger partial charge in [-0.15, -0.1) is 0 Å². The fraction of sp³-hybridized carbons (Fsp3) is 0.348. The minimum Gasteiger partial charge on any atom is -0.490 e. The molecule has 0 radical (unpaired) electrons. The summed E-state index contributed by atoms with van der Waals surface area (Å²) in [6, 6.07) is 15.1. The van der Waals surface area contributed by atoms with Crippen molar-refractivity contribution in [3.05, 3.63) is 60.0 Å². The number of hydrogen-bond acceptors (Lipinski definition) is 6. The van der Waals surface area contributed by atoms with E-state index in [1.54, 1.807) is 0 Å². The van der Waals surface area contributed by atoms with Crippen LogP contribution in [0.25, 0.3) is 11.4 Å². The molecule has 0 fully saturated rings. The zero-order valence-corrected chi connectivity index (χ0v) is 17.6. The van der Waals surface area contributed by atoms with Crippen LogP contribution in [0, 0.1) is 0 Å². The first-order valence-corrected chi connectivity index (χ1v) is 10.2. The number of aryl methyl sites for hydroxylation is 1. The molecule has 0 unspecified atom stereocenters. The topological polar surface area (TPSA) is 86.5 Å². The lowest BCUT2D eigenvalue weighted by atomic mass is 10.1. The number of amides is 1. The Morgan fingerprint density at radius 2 is 1.80 bits per heavy atom. The number of carbonyl (C=O) groups is 1. The van der Waals surface area contributed by atoms with E-state index in [4.69, 9.17) is 14.0 Å². The molecule has 30 heavy (non-hydrogen) atoms. The van der Waals surface area contributed by atoms with Crippen molar-refractivity contribution in [2.45, 2.75) is 39.7 Å². The number of carbonyl (C=O) groups excluding carboxylic acids is 1. The monoisotopic (exact) mass is 409 g/mol. The van der Waals surface area contributed by atoms with E-state index in [-0.39, 0.29) is 18.4 Å². The third-order valence-corrected chi connectivity index (χ3v) is 4.51. The molecule has 0 saturated carbocycles. The minimum atomic E-state index is -0.171. The number of hydrogen-bond donors (Lipinski definition) is 1. The highest BCUT2D eigenvalue weighted by Gasteiger charge is 2.15. The second kappa shape index (κ2) is 10.4. The Morgan fingerprint density at radius 1 is 1.07 bits per heavy atom. The molecular weight excluding hydrogens is 382 g/mol. The van der Waals surface area contributed by atoms with Gasteiger partial charge < -0.3 is 19.3 Å². The predicted molar refractivity (Wildman–Crippen MR) is 113 cm³/mol. The van der Waals surface area contributed by atoms with Gasteiger partial charge in [-0.3, -0.25) is 4.79 Å². The van der Waals surface area contributed by atoms with Crippen molar-refractivity contribution < 1.29 is 18.8 Å². The summed E-state index contributed by atoms with van der Waals surface area (Å²) in [7, 11) is 0. The maximum Gasteiger partial charge on any atom is 0.227 e. The van der Waals surface area contributed by atoms with E-state index in [0.29, 0.717) is 42.8 Å². The summed E-state index contributed by atoms with van der Waals surface area (Å²) in [6.45, 7) is 6.89. The Hall–Kier alpha value is -3.35. The SMILES string of the molecule is CCOc1ccc([C@H](C)NC(=O)CCc2nc(-c3ccccc3)no2)cc1OCC. The van der Waals surface area contributed by atoms with Crippen LogP contribution in [-0.4, -0.2) is 29.3 Å². The average Bonchev–Trinajstić information content (AvgIpc) is 3.23. The zero-order chi connectivity index (χ0) is 21.3. The first kappa shape index (κ1) is 21.4. The quantitative estimate of drug-likeness (QED) is 0.536. The highest BCUT2D eigenvalue weighted by atomic mass is 16.5. The van der Waals surface area contributed by atoms with Gasteiger partial charge in [0.05, 0.1) is 19.3 Å². The number of nitrogens with zero attached hydrogens (tertiary/aromatic N) is 2. The Labute approximate surface area is 176 Å². The molecule has 2 aromatic carbocycles. The van der Waals surface area contributed by atoms with Gasteiger partial charge in [-0.25, -0.2) is 0 Å². The summed E-state index contributed by atoms with van der Waals surface area (Å²) < 4.78 is 16.5. The lowest BCUT2D eigenvalue weighted by Crippen LogP contribution is -2.26. The number of nitrogens with one attached hydrogen (secondary N) is 1. The molecule has 0 aliphatic rings. The predicted octanol–water partition coefficient (Wildman–Crippen LogP) is 4.34. The fourth-order valence-electron chi connectivity index (χ4n) is 3.02. The largest absolute Gasteiger partial charge is 0.490 e. The summed E-state index contributed by atoms with van der Waals surface area (Å²) in [6.07, 6.45) is 0.641. The first-order valence-electron chi connectivity index (χ1n) is 10.2. The number of aromatic nitrogens is 2. The van der Waals surface area contributed by atoms with Crippen molar-refractivity contribution in [2.75, 3.05) is 13.2 Å². The van der Waals surface area contributed by atoms with Gasteiger partial charge in [0.25, 0.3) is 0 Å². The Morgan fingerprint density at radius 3 is 2.53 bits per heavy atom. The lowest BCUT2D eigenvalue weighted by Gasteiger charge is -2.17. The van der Waals surface area contributed by atoms with Gasteiger partial charge in [-0.1, -0.05) is 41.6 Å². The summed E-state index contributed by atoms with van der Waals surface area (Å²) >= 11 is 0. The molecule has 0 aliphatic carbocycles. The fourth-order valence-corrected chi connectivity index (χ4v) is 3.02. The second-order valence-electron chi connectivity index (χ2n) is 6.74. The lowest BCUT2D eigenvalue weighted by molar-refractivity contribution is -0.121. The van der Waals surface area contributed by atoms with Crippen molar-refractivity contribution in [1.29, 1.82) is 0 Å². The van der Waals surface area contributed by atoms with Gasteiger partial charge in [0, 0.05) is 18.4 Å². The molecule has 1 atom stereocenters. The van der Waals surface area contributed by atoms with Crippen LogP contribution in [0.15, 0.2) is 53.1 Å². The molecule has 1 aromatic heterocycles. The van der Waals surface area contributed by atoms with E-state index in [1.165, 1.54) is 0 Å². The summed E-state index contributed by atoms with van der Waals surface area (Å²) in [5.41, 5.74) is 1.82. The van der Waals surface area contributed by atoms with Crippen LogP contribution >= 0.6 is 0 Å². The second-order valence-corrected chi connectivity index (χ2v) is 6.74. The standard InChI is InChI=1S/C23H27N3O4/c1-4-28-19-12-11-18(15-20(19)29-5-2)16(3)24-21(27)13-14-22-25-23(26-30-22)17-9-7-6-8-10-17/h6-12,15-16H,4-5,13-14H2,1-3H3,(H,24,27)/t16-/m0/s1. The highest BCUT2D eigenvalue weighted by molar-refractivity contribution is 5.76. The molecule has 0 saturated heterocycles. The third kappa shape index (κ3) is 5.59. The van der Waals surface area contributed by atoms with Gasteiger partial charge in [-0.05, 0) is 38.5 Å². The molecule has 7 nitrogen and oxygen atoms in total. The molecule has 1 amide bonds. The van der Waals surface area contributed by atoms with Gasteiger partial charge in [0.2, 0.25) is 17.6 Å². The van der Waals surface area contributed by atoms with Gasteiger partial charge in [0.1, 0.15) is 0 Å². The zero-order valence-electron chi connectivity index (χ0n) is 17.6. The number of benzene rings is 2. The molecule has 0 spiro atoms. The Bertz CT molecular complexity index is 956. The van der Waals surface area contributed by atoms with Crippen molar-refractivity contribution in [1.82, 2.24) is 15.5 Å².